The van der Waals surface area contributed by atoms with E-state index in [4.69, 9.17) is 5.11 Å². The Hall–Kier alpha value is -1.86. The van der Waals surface area contributed by atoms with Crippen LogP contribution in [0.4, 0.5) is 0 Å². The van der Waals surface area contributed by atoms with Gasteiger partial charge in [-0.2, -0.15) is 0 Å². The molecule has 1 aliphatic heterocycles. The van der Waals surface area contributed by atoms with Gasteiger partial charge in [0.25, 0.3) is 5.91 Å². The van der Waals surface area contributed by atoms with Crippen LogP contribution in [-0.2, 0) is 21.1 Å². The van der Waals surface area contributed by atoms with E-state index in [9.17, 15) is 13.2 Å². The summed E-state index contributed by atoms with van der Waals surface area (Å²) in [7, 11) is -3.76. The summed E-state index contributed by atoms with van der Waals surface area (Å²) in [6.45, 7) is -0.520. The average Bonchev–Trinajstić information content (AvgIpc) is 2.73. The van der Waals surface area contributed by atoms with Gasteiger partial charge in [-0.25, -0.2) is 8.42 Å². The molecule has 1 amide bonds. The highest BCUT2D eigenvalue weighted by Crippen LogP contribution is 2.25. The monoisotopic (exact) mass is 280 g/mol. The van der Waals surface area contributed by atoms with Crippen LogP contribution in [0.25, 0.3) is 0 Å². The Morgan fingerprint density at radius 1 is 1.11 bits per heavy atom. The van der Waals surface area contributed by atoms with E-state index < -0.39 is 28.1 Å². The van der Waals surface area contributed by atoms with E-state index >= 15 is 0 Å². The number of aliphatic hydroxyl groups is 1. The van der Waals surface area contributed by atoms with Crippen molar-refractivity contribution in [1.82, 2.24) is 0 Å². The molecule has 1 aliphatic rings. The molecule has 0 atom stereocenters. The first kappa shape index (κ1) is 13.6. The van der Waals surface area contributed by atoms with E-state index in [1.54, 1.807) is 24.3 Å². The molecule has 0 saturated carbocycles. The van der Waals surface area contributed by atoms with Crippen molar-refractivity contribution in [2.24, 2.45) is 10.2 Å². The van der Waals surface area contributed by atoms with Crippen molar-refractivity contribution in [1.29, 1.82) is 0 Å². The van der Waals surface area contributed by atoms with Crippen LogP contribution >= 0.6 is 0 Å². The van der Waals surface area contributed by atoms with Crippen molar-refractivity contribution in [3.05, 3.63) is 46.5 Å². The number of hydrogen-bond acceptors (Lipinski definition) is 5. The molecule has 0 saturated heterocycles. The van der Waals surface area contributed by atoms with Crippen LogP contribution in [0, 0.1) is 0 Å². The maximum Gasteiger partial charge on any atom is 0.294 e. The second kappa shape index (κ2) is 5.41. The topological polar surface area (TPSA) is 96.2 Å². The minimum atomic E-state index is -3.76. The molecule has 1 N–H and O–H groups in total. The normalized spacial score (nSPS) is 15.3. The molecule has 0 spiro atoms. The van der Waals surface area contributed by atoms with Gasteiger partial charge < -0.3 is 5.11 Å². The van der Waals surface area contributed by atoms with Crippen LogP contribution in [0.3, 0.4) is 0 Å². The van der Waals surface area contributed by atoms with Crippen LogP contribution in [0.1, 0.15) is 5.56 Å². The van der Waals surface area contributed by atoms with Crippen LogP contribution < -0.4 is 0 Å². The molecular weight excluding hydrogens is 268 g/mol. The lowest BCUT2D eigenvalue weighted by molar-refractivity contribution is -0.114. The van der Waals surface area contributed by atoms with E-state index in [1.807, 2.05) is 6.07 Å². The first-order valence-electron chi connectivity index (χ1n) is 5.61. The number of amides is 1. The maximum atomic E-state index is 11.9. The Morgan fingerprint density at radius 2 is 1.79 bits per heavy atom. The number of sulfone groups is 1. The summed E-state index contributed by atoms with van der Waals surface area (Å²) < 4.78 is 23.7. The number of azo groups is 1. The first-order chi connectivity index (χ1) is 9.04. The van der Waals surface area contributed by atoms with Crippen LogP contribution in [-0.4, -0.2) is 31.8 Å². The zero-order valence-electron chi connectivity index (χ0n) is 9.98. The summed E-state index contributed by atoms with van der Waals surface area (Å²) >= 11 is 0. The van der Waals surface area contributed by atoms with Crippen molar-refractivity contribution >= 4 is 15.7 Å². The summed E-state index contributed by atoms with van der Waals surface area (Å²) in [5, 5.41) is 15.2. The largest absolute Gasteiger partial charge is 0.395 e. The lowest BCUT2D eigenvalue weighted by Gasteiger charge is -2.04. The molecule has 2 rings (SSSR count). The van der Waals surface area contributed by atoms with Gasteiger partial charge in [-0.15, -0.1) is 10.2 Å². The fraction of sp³-hybridized carbons (Fsp3) is 0.250. The van der Waals surface area contributed by atoms with Crippen LogP contribution in [0.15, 0.2) is 51.2 Å². The van der Waals surface area contributed by atoms with Crippen molar-refractivity contribution in [3.63, 3.8) is 0 Å². The zero-order valence-corrected chi connectivity index (χ0v) is 10.8. The summed E-state index contributed by atoms with van der Waals surface area (Å²) in [4.78, 5) is 11.6. The fourth-order valence-electron chi connectivity index (χ4n) is 1.72. The van der Waals surface area contributed by atoms with Gasteiger partial charge in [0.05, 0.1) is 17.9 Å². The molecule has 19 heavy (non-hydrogen) atoms. The minimum Gasteiger partial charge on any atom is -0.395 e. The van der Waals surface area contributed by atoms with Gasteiger partial charge >= 0.3 is 0 Å². The zero-order chi connectivity index (χ0) is 13.9. The number of aliphatic hydroxyl groups excluding tert-OH is 1. The molecule has 100 valence electrons. The molecule has 6 nitrogen and oxygen atoms in total. The molecule has 1 aromatic carbocycles. The highest BCUT2D eigenvalue weighted by atomic mass is 32.2. The second-order valence-corrected chi connectivity index (χ2v) is 6.02. The van der Waals surface area contributed by atoms with Crippen molar-refractivity contribution < 1.29 is 18.3 Å². The van der Waals surface area contributed by atoms with Crippen molar-refractivity contribution in [2.45, 2.75) is 6.42 Å². The predicted molar refractivity (Wildman–Crippen MR) is 67.9 cm³/mol. The summed E-state index contributed by atoms with van der Waals surface area (Å²) in [5.74, 6) is -1.10. The van der Waals surface area contributed by atoms with Gasteiger partial charge in [-0.3, -0.25) is 4.79 Å². The molecule has 0 unspecified atom stereocenters. The van der Waals surface area contributed by atoms with Crippen molar-refractivity contribution in [2.75, 3.05) is 12.4 Å². The Bertz CT molecular complexity index is 648. The Balaban J connectivity index is 2.38. The number of nitrogens with zero attached hydrogens (tertiary/aromatic N) is 2. The minimum absolute atomic E-state index is 0.0552. The van der Waals surface area contributed by atoms with E-state index in [0.717, 1.165) is 5.56 Å². The fourth-order valence-corrected chi connectivity index (χ4v) is 2.85. The highest BCUT2D eigenvalue weighted by molar-refractivity contribution is 7.95. The van der Waals surface area contributed by atoms with Gasteiger partial charge in [-0.05, 0) is 5.56 Å². The smallest absolute Gasteiger partial charge is 0.294 e. The van der Waals surface area contributed by atoms with E-state index in [1.165, 1.54) is 0 Å². The third-order valence-corrected chi connectivity index (χ3v) is 4.26. The summed E-state index contributed by atoms with van der Waals surface area (Å²) in [6.07, 6.45) is 0.159. The van der Waals surface area contributed by atoms with Gasteiger partial charge in [0.15, 0.2) is 14.9 Å². The van der Waals surface area contributed by atoms with Gasteiger partial charge in [0.2, 0.25) is 0 Å². The van der Waals surface area contributed by atoms with Gasteiger partial charge in [0, 0.05) is 6.42 Å². The Labute approximate surface area is 110 Å². The molecular formula is C12H12N2O4S. The molecule has 0 aliphatic carbocycles. The summed E-state index contributed by atoms with van der Waals surface area (Å²) in [5.41, 5.74) is 0.856. The van der Waals surface area contributed by atoms with E-state index in [2.05, 4.69) is 10.2 Å². The lowest BCUT2D eigenvalue weighted by Crippen LogP contribution is -2.13. The maximum absolute atomic E-state index is 11.9. The van der Waals surface area contributed by atoms with Crippen molar-refractivity contribution in [3.8, 4) is 0 Å². The van der Waals surface area contributed by atoms with E-state index in [0.29, 0.717) is 0 Å². The van der Waals surface area contributed by atoms with Gasteiger partial charge in [0.1, 0.15) is 0 Å². The molecule has 0 fully saturated rings. The van der Waals surface area contributed by atoms with Crippen LogP contribution in [0.5, 0.6) is 0 Å². The molecule has 7 heteroatoms. The predicted octanol–water partition coefficient (Wildman–Crippen LogP) is 0.840. The molecule has 1 heterocycles. The number of benzene rings is 1. The molecule has 1 aromatic rings. The number of carbonyl (C=O) groups is 1. The quantitative estimate of drug-likeness (QED) is 0.864. The average molecular weight is 280 g/mol. The third-order valence-electron chi connectivity index (χ3n) is 2.63. The second-order valence-electron chi connectivity index (χ2n) is 3.99. The highest BCUT2D eigenvalue weighted by Gasteiger charge is 2.30. The van der Waals surface area contributed by atoms with Gasteiger partial charge in [-0.1, -0.05) is 30.3 Å². The lowest BCUT2D eigenvalue weighted by atomic mass is 10.1. The van der Waals surface area contributed by atoms with E-state index in [-0.39, 0.29) is 17.0 Å². The first-order valence-corrected chi connectivity index (χ1v) is 7.26. The third kappa shape index (κ3) is 2.94. The molecule has 0 aromatic heterocycles. The number of carbonyl (C=O) groups excluding carboxylic acids is 1. The van der Waals surface area contributed by atoms with Crippen LogP contribution in [0.2, 0.25) is 0 Å². The number of rotatable bonds is 5. The standard InChI is InChI=1S/C12H12N2O4S/c15-6-7-19(17,18)12-10(11(16)13-14-12)8-9-4-2-1-3-5-9/h1-5,15H,6-8H2. The number of hydrogen-bond donors (Lipinski definition) is 1. The SMILES string of the molecule is O=C1N=NC(S(=O)(=O)CCO)=C1Cc1ccccc1. The molecule has 0 radical (unpaired) electrons. The Kier molecular flexibility index (Phi) is 3.87. The molecule has 0 bridgehead atoms. The Morgan fingerprint density at radius 3 is 2.42 bits per heavy atom. The summed E-state index contributed by atoms with van der Waals surface area (Å²) in [6, 6.07) is 8.99.